The number of esters is 1. The molecule has 6 nitrogen and oxygen atoms in total. The largest absolute Gasteiger partial charge is 0.459 e. The maximum atomic E-state index is 12.5. The zero-order valence-electron chi connectivity index (χ0n) is 15.7. The van der Waals surface area contributed by atoms with Crippen LogP contribution >= 0.6 is 11.3 Å². The molecule has 0 N–H and O–H groups in total. The Balaban J connectivity index is 1.74. The first-order valence-corrected chi connectivity index (χ1v) is 9.89. The lowest BCUT2D eigenvalue weighted by molar-refractivity contribution is -0.147. The van der Waals surface area contributed by atoms with Crippen LogP contribution < -0.4 is 5.56 Å². The van der Waals surface area contributed by atoms with Crippen LogP contribution in [0.4, 0.5) is 0 Å². The van der Waals surface area contributed by atoms with E-state index in [0.29, 0.717) is 23.0 Å². The monoisotopic (exact) mass is 385 g/mol. The molecule has 0 aliphatic rings. The minimum absolute atomic E-state index is 0.0225. The predicted octanol–water partition coefficient (Wildman–Crippen LogP) is 3.59. The fourth-order valence-corrected chi connectivity index (χ4v) is 4.00. The highest BCUT2D eigenvalue weighted by atomic mass is 32.1. The molecule has 0 saturated carbocycles. The normalized spacial score (nSPS) is 12.4. The van der Waals surface area contributed by atoms with Crippen molar-refractivity contribution in [3.05, 3.63) is 63.0 Å². The summed E-state index contributed by atoms with van der Waals surface area (Å²) in [7, 11) is 0. The third-order valence-corrected chi connectivity index (χ3v) is 5.11. The van der Waals surface area contributed by atoms with Gasteiger partial charge in [-0.05, 0) is 17.9 Å². The second-order valence-electron chi connectivity index (χ2n) is 6.85. The van der Waals surface area contributed by atoms with Crippen LogP contribution in [0.2, 0.25) is 0 Å². The zero-order chi connectivity index (χ0) is 19.4. The van der Waals surface area contributed by atoms with Crippen molar-refractivity contribution in [1.82, 2.24) is 14.6 Å². The fourth-order valence-electron chi connectivity index (χ4n) is 2.87. The molecule has 0 amide bonds. The summed E-state index contributed by atoms with van der Waals surface area (Å²) in [6.45, 7) is 6.13. The van der Waals surface area contributed by atoms with Gasteiger partial charge in [-0.15, -0.1) is 0 Å². The molecule has 0 bridgehead atoms. The SMILES string of the molecule is CC[C@@H](C(=O)OCc1cc(=O)n2nc(CC(C)C)sc2n1)c1ccccc1. The van der Waals surface area contributed by atoms with Gasteiger partial charge in [-0.1, -0.05) is 62.4 Å². The second-order valence-corrected chi connectivity index (χ2v) is 7.89. The number of nitrogens with zero attached hydrogens (tertiary/aromatic N) is 3. The molecule has 3 rings (SSSR count). The number of carbonyl (C=O) groups is 1. The highest BCUT2D eigenvalue weighted by Crippen LogP contribution is 2.21. The average Bonchev–Trinajstić information content (AvgIpc) is 3.04. The van der Waals surface area contributed by atoms with E-state index in [4.69, 9.17) is 4.74 Å². The van der Waals surface area contributed by atoms with E-state index in [1.54, 1.807) is 0 Å². The quantitative estimate of drug-likeness (QED) is 0.581. The summed E-state index contributed by atoms with van der Waals surface area (Å²) >= 11 is 1.40. The molecule has 27 heavy (non-hydrogen) atoms. The summed E-state index contributed by atoms with van der Waals surface area (Å²) in [5.41, 5.74) is 1.11. The minimum Gasteiger partial charge on any atom is -0.459 e. The molecule has 7 heteroatoms. The Morgan fingerprint density at radius 1 is 1.26 bits per heavy atom. The van der Waals surface area contributed by atoms with Gasteiger partial charge < -0.3 is 4.74 Å². The van der Waals surface area contributed by atoms with Gasteiger partial charge in [0.15, 0.2) is 0 Å². The molecule has 0 aliphatic heterocycles. The third-order valence-electron chi connectivity index (χ3n) is 4.18. The maximum absolute atomic E-state index is 12.5. The fraction of sp³-hybridized carbons (Fsp3) is 0.400. The van der Waals surface area contributed by atoms with Crippen LogP contribution in [0.25, 0.3) is 4.96 Å². The van der Waals surface area contributed by atoms with Gasteiger partial charge in [0.2, 0.25) is 4.96 Å². The van der Waals surface area contributed by atoms with E-state index in [9.17, 15) is 9.59 Å². The van der Waals surface area contributed by atoms with Crippen molar-refractivity contribution in [2.24, 2.45) is 5.92 Å². The Bertz CT molecular complexity index is 979. The number of ether oxygens (including phenoxy) is 1. The Hall–Kier alpha value is -2.54. The van der Waals surface area contributed by atoms with Crippen molar-refractivity contribution in [1.29, 1.82) is 0 Å². The molecule has 1 atom stereocenters. The lowest BCUT2D eigenvalue weighted by atomic mass is 9.97. The first-order chi connectivity index (χ1) is 13.0. The number of hydrogen-bond donors (Lipinski definition) is 0. The van der Waals surface area contributed by atoms with Crippen molar-refractivity contribution >= 4 is 22.3 Å². The molecule has 0 aliphatic carbocycles. The van der Waals surface area contributed by atoms with Gasteiger partial charge in [0.25, 0.3) is 5.56 Å². The highest BCUT2D eigenvalue weighted by molar-refractivity contribution is 7.16. The number of carbonyl (C=O) groups excluding carboxylic acids is 1. The van der Waals surface area contributed by atoms with Gasteiger partial charge >= 0.3 is 5.97 Å². The van der Waals surface area contributed by atoms with Crippen LogP contribution in [0.15, 0.2) is 41.2 Å². The number of aromatic nitrogens is 3. The summed E-state index contributed by atoms with van der Waals surface area (Å²) < 4.78 is 6.76. The molecule has 0 saturated heterocycles. The topological polar surface area (TPSA) is 73.6 Å². The summed E-state index contributed by atoms with van der Waals surface area (Å²) in [6, 6.07) is 10.9. The molecule has 1 aromatic carbocycles. The van der Waals surface area contributed by atoms with E-state index in [1.165, 1.54) is 21.9 Å². The Kier molecular flexibility index (Phi) is 6.01. The van der Waals surface area contributed by atoms with Crippen LogP contribution in [0.5, 0.6) is 0 Å². The van der Waals surface area contributed by atoms with Crippen LogP contribution in [0.3, 0.4) is 0 Å². The smallest absolute Gasteiger partial charge is 0.313 e. The van der Waals surface area contributed by atoms with Crippen molar-refractivity contribution in [3.63, 3.8) is 0 Å². The van der Waals surface area contributed by atoms with Gasteiger partial charge in [0.05, 0.1) is 11.6 Å². The van der Waals surface area contributed by atoms with Crippen molar-refractivity contribution in [2.45, 2.75) is 46.1 Å². The molecule has 0 spiro atoms. The number of hydrogen-bond acceptors (Lipinski definition) is 6. The molecule has 2 heterocycles. The van der Waals surface area contributed by atoms with Gasteiger partial charge in [-0.2, -0.15) is 9.61 Å². The second kappa shape index (κ2) is 8.43. The highest BCUT2D eigenvalue weighted by Gasteiger charge is 2.20. The molecule has 3 aromatic rings. The van der Waals surface area contributed by atoms with Crippen molar-refractivity contribution < 1.29 is 9.53 Å². The van der Waals surface area contributed by atoms with E-state index >= 15 is 0 Å². The predicted molar refractivity (Wildman–Crippen MR) is 105 cm³/mol. The third kappa shape index (κ3) is 4.60. The van der Waals surface area contributed by atoms with Gasteiger partial charge in [-0.25, -0.2) is 4.98 Å². The molecule has 0 radical (unpaired) electrons. The Morgan fingerprint density at radius 2 is 2.00 bits per heavy atom. The van der Waals surface area contributed by atoms with Crippen LogP contribution in [0.1, 0.15) is 49.4 Å². The summed E-state index contributed by atoms with van der Waals surface area (Å²) in [5, 5.41) is 5.20. The Labute approximate surface area is 161 Å². The number of fused-ring (bicyclic) bond motifs is 1. The van der Waals surface area contributed by atoms with E-state index < -0.39 is 0 Å². The average molecular weight is 385 g/mol. The summed E-state index contributed by atoms with van der Waals surface area (Å²) in [4.78, 5) is 29.7. The lowest BCUT2D eigenvalue weighted by Gasteiger charge is -2.14. The van der Waals surface area contributed by atoms with Gasteiger partial charge in [-0.3, -0.25) is 9.59 Å². The molecule has 2 aromatic heterocycles. The molecular weight excluding hydrogens is 362 g/mol. The van der Waals surface area contributed by atoms with Crippen molar-refractivity contribution in [2.75, 3.05) is 0 Å². The summed E-state index contributed by atoms with van der Waals surface area (Å²) in [5.74, 6) is -0.182. The van der Waals surface area contributed by atoms with E-state index in [-0.39, 0.29) is 24.1 Å². The van der Waals surface area contributed by atoms with E-state index in [2.05, 4.69) is 23.9 Å². The first-order valence-electron chi connectivity index (χ1n) is 9.08. The Morgan fingerprint density at radius 3 is 2.67 bits per heavy atom. The molecule has 142 valence electrons. The van der Waals surface area contributed by atoms with E-state index in [0.717, 1.165) is 17.0 Å². The first kappa shape index (κ1) is 19.2. The van der Waals surface area contributed by atoms with Crippen molar-refractivity contribution in [3.8, 4) is 0 Å². The molecule has 0 fully saturated rings. The van der Waals surface area contributed by atoms with Crippen LogP contribution in [-0.2, 0) is 22.6 Å². The van der Waals surface area contributed by atoms with Crippen LogP contribution in [0, 0.1) is 5.92 Å². The minimum atomic E-state index is -0.322. The van der Waals surface area contributed by atoms with Gasteiger partial charge in [0.1, 0.15) is 11.6 Å². The van der Waals surface area contributed by atoms with Crippen LogP contribution in [-0.4, -0.2) is 20.6 Å². The standard InChI is InChI=1S/C20H23N3O3S/c1-4-16(14-8-6-5-7-9-14)19(25)26-12-15-11-18(24)23-20(21-15)27-17(22-23)10-13(2)3/h5-9,11,13,16H,4,10,12H2,1-3H3/t16-/m1/s1. The number of rotatable bonds is 7. The lowest BCUT2D eigenvalue weighted by Crippen LogP contribution is -2.19. The maximum Gasteiger partial charge on any atom is 0.313 e. The summed E-state index contributed by atoms with van der Waals surface area (Å²) in [6.07, 6.45) is 1.44. The molecule has 0 unspecified atom stereocenters. The van der Waals surface area contributed by atoms with E-state index in [1.807, 2.05) is 37.3 Å². The zero-order valence-corrected chi connectivity index (χ0v) is 16.5. The number of benzene rings is 1. The van der Waals surface area contributed by atoms with Gasteiger partial charge in [0, 0.05) is 12.5 Å². The molecular formula is C20H23N3O3S.